The van der Waals surface area contributed by atoms with Crippen LogP contribution in [-0.4, -0.2) is 17.5 Å². The number of fused-ring (bicyclic) bond motifs is 2. The summed E-state index contributed by atoms with van der Waals surface area (Å²) in [6, 6.07) is 2.18. The molecule has 0 radical (unpaired) electrons. The van der Waals surface area contributed by atoms with Gasteiger partial charge in [0.05, 0.1) is 11.5 Å². The molecule has 0 aliphatic heterocycles. The van der Waals surface area contributed by atoms with Crippen LogP contribution in [0.2, 0.25) is 0 Å². The zero-order valence-corrected chi connectivity index (χ0v) is 7.44. The van der Waals surface area contributed by atoms with Gasteiger partial charge in [-0.05, 0) is 31.1 Å². The number of nitrogens with zero attached hydrogens (tertiary/aromatic N) is 1. The van der Waals surface area contributed by atoms with Gasteiger partial charge in [0.25, 0.3) is 0 Å². The number of aldehydes is 1. The second kappa shape index (κ2) is 2.81. The van der Waals surface area contributed by atoms with Gasteiger partial charge in [-0.15, -0.1) is 0 Å². The summed E-state index contributed by atoms with van der Waals surface area (Å²) in [5.74, 6) is 0.821. The lowest BCUT2D eigenvalue weighted by Crippen LogP contribution is -2.39. The Hall–Kier alpha value is -0.880. The summed E-state index contributed by atoms with van der Waals surface area (Å²) in [5, 5.41) is 18.6. The normalized spacial score (nSPS) is 44.3. The zero-order chi connectivity index (χ0) is 9.47. The molecule has 2 saturated carbocycles. The number of aliphatic hydroxyl groups is 1. The van der Waals surface area contributed by atoms with Crippen molar-refractivity contribution in [1.82, 2.24) is 0 Å². The lowest BCUT2D eigenvalue weighted by Gasteiger charge is -2.32. The summed E-state index contributed by atoms with van der Waals surface area (Å²) in [6.45, 7) is 0. The second-order valence-corrected chi connectivity index (χ2v) is 4.31. The van der Waals surface area contributed by atoms with Crippen molar-refractivity contribution in [3.05, 3.63) is 0 Å². The number of aliphatic hydroxyl groups excluding tert-OH is 1. The minimum absolute atomic E-state index is 0.252. The molecule has 3 nitrogen and oxygen atoms in total. The highest BCUT2D eigenvalue weighted by Crippen LogP contribution is 2.56. The third-order valence-corrected chi connectivity index (χ3v) is 3.76. The van der Waals surface area contributed by atoms with Crippen LogP contribution < -0.4 is 0 Å². The fourth-order valence-corrected chi connectivity index (χ4v) is 3.06. The summed E-state index contributed by atoms with van der Waals surface area (Å²) in [7, 11) is 0. The van der Waals surface area contributed by atoms with Gasteiger partial charge in [0.15, 0.2) is 0 Å². The molecule has 4 atom stereocenters. The van der Waals surface area contributed by atoms with Gasteiger partial charge in [-0.2, -0.15) is 5.26 Å². The molecule has 2 fully saturated rings. The molecular weight excluding hydrogens is 166 g/mol. The van der Waals surface area contributed by atoms with Crippen LogP contribution >= 0.6 is 0 Å². The Morgan fingerprint density at radius 1 is 1.62 bits per heavy atom. The number of carbonyl (C=O) groups is 1. The Morgan fingerprint density at radius 3 is 2.77 bits per heavy atom. The average molecular weight is 179 g/mol. The highest BCUT2D eigenvalue weighted by Gasteiger charge is 2.55. The van der Waals surface area contributed by atoms with Crippen LogP contribution in [0, 0.1) is 28.6 Å². The number of nitriles is 1. The molecule has 2 aliphatic carbocycles. The van der Waals surface area contributed by atoms with Crippen LogP contribution in [-0.2, 0) is 4.79 Å². The molecule has 0 amide bonds. The van der Waals surface area contributed by atoms with E-state index in [0.717, 1.165) is 12.8 Å². The molecule has 13 heavy (non-hydrogen) atoms. The van der Waals surface area contributed by atoms with Crippen LogP contribution in [0.15, 0.2) is 0 Å². The topological polar surface area (TPSA) is 61.1 Å². The van der Waals surface area contributed by atoms with Gasteiger partial charge in [-0.3, -0.25) is 0 Å². The predicted octanol–water partition coefficient (Wildman–Crippen LogP) is 0.876. The molecule has 0 aromatic rings. The fraction of sp³-hybridized carbons (Fsp3) is 0.800. The molecule has 70 valence electrons. The van der Waals surface area contributed by atoms with E-state index < -0.39 is 11.5 Å². The van der Waals surface area contributed by atoms with Crippen molar-refractivity contribution in [3.63, 3.8) is 0 Å². The van der Waals surface area contributed by atoms with Gasteiger partial charge in [0, 0.05) is 0 Å². The van der Waals surface area contributed by atoms with E-state index in [1.165, 1.54) is 6.42 Å². The molecule has 0 aromatic heterocycles. The number of carbonyl (C=O) groups excluding carboxylic acids is 1. The molecular formula is C10H13NO2. The van der Waals surface area contributed by atoms with Crippen molar-refractivity contribution >= 4 is 6.29 Å². The third-order valence-electron chi connectivity index (χ3n) is 3.76. The van der Waals surface area contributed by atoms with Gasteiger partial charge in [0.2, 0.25) is 0 Å². The summed E-state index contributed by atoms with van der Waals surface area (Å²) < 4.78 is 0. The molecule has 2 bridgehead atoms. The first kappa shape index (κ1) is 8.71. The van der Waals surface area contributed by atoms with Gasteiger partial charge in [-0.25, -0.2) is 0 Å². The van der Waals surface area contributed by atoms with E-state index in [1.807, 2.05) is 0 Å². The number of hydrogen-bond acceptors (Lipinski definition) is 3. The molecule has 4 unspecified atom stereocenters. The Kier molecular flexibility index (Phi) is 1.88. The predicted molar refractivity (Wildman–Crippen MR) is 45.6 cm³/mol. The van der Waals surface area contributed by atoms with E-state index >= 15 is 0 Å². The standard InChI is InChI=1S/C10H13NO2/c11-6-10(9(13)5-12)4-7-1-2-8(10)3-7/h5,7-9,13H,1-4H2. The second-order valence-electron chi connectivity index (χ2n) is 4.31. The summed E-state index contributed by atoms with van der Waals surface area (Å²) in [4.78, 5) is 10.5. The zero-order valence-electron chi connectivity index (χ0n) is 7.44. The molecule has 1 N–H and O–H groups in total. The summed E-state index contributed by atoms with van der Waals surface area (Å²) >= 11 is 0. The van der Waals surface area contributed by atoms with Gasteiger partial charge >= 0.3 is 0 Å². The number of rotatable bonds is 2. The SMILES string of the molecule is N#CC1(C(O)C=O)CC2CCC1C2. The average Bonchev–Trinajstić information content (AvgIpc) is 2.75. The largest absolute Gasteiger partial charge is 0.384 e. The Balaban J connectivity index is 2.28. The maximum absolute atomic E-state index is 10.5. The van der Waals surface area contributed by atoms with Crippen molar-refractivity contribution in [2.75, 3.05) is 0 Å². The van der Waals surface area contributed by atoms with E-state index in [0.29, 0.717) is 18.6 Å². The van der Waals surface area contributed by atoms with Gasteiger partial charge < -0.3 is 9.90 Å². The fourth-order valence-electron chi connectivity index (χ4n) is 3.06. The molecule has 3 heteroatoms. The number of hydrogen-bond donors (Lipinski definition) is 1. The maximum atomic E-state index is 10.5. The Labute approximate surface area is 77.4 Å². The molecule has 0 saturated heterocycles. The van der Waals surface area contributed by atoms with Crippen LogP contribution in [0.3, 0.4) is 0 Å². The van der Waals surface area contributed by atoms with Gasteiger partial charge in [0.1, 0.15) is 12.4 Å². The minimum atomic E-state index is -1.08. The highest BCUT2D eigenvalue weighted by atomic mass is 16.3. The molecule has 0 aromatic carbocycles. The lowest BCUT2D eigenvalue weighted by molar-refractivity contribution is -0.121. The minimum Gasteiger partial charge on any atom is -0.384 e. The van der Waals surface area contributed by atoms with Crippen LogP contribution in [0.1, 0.15) is 25.7 Å². The quantitative estimate of drug-likeness (QED) is 0.640. The van der Waals surface area contributed by atoms with Gasteiger partial charge in [-0.1, -0.05) is 6.42 Å². The maximum Gasteiger partial charge on any atom is 0.150 e. The van der Waals surface area contributed by atoms with Crippen molar-refractivity contribution < 1.29 is 9.90 Å². The molecule has 2 aliphatic rings. The van der Waals surface area contributed by atoms with Crippen molar-refractivity contribution in [3.8, 4) is 6.07 Å². The van der Waals surface area contributed by atoms with Crippen LogP contribution in [0.4, 0.5) is 0 Å². The monoisotopic (exact) mass is 179 g/mol. The Bertz CT molecular complexity index is 271. The summed E-state index contributed by atoms with van der Waals surface area (Å²) in [6.07, 6.45) is 3.35. The van der Waals surface area contributed by atoms with Crippen molar-refractivity contribution in [2.45, 2.75) is 31.8 Å². The van der Waals surface area contributed by atoms with E-state index in [4.69, 9.17) is 5.26 Å². The van der Waals surface area contributed by atoms with Crippen molar-refractivity contribution in [1.29, 1.82) is 5.26 Å². The van der Waals surface area contributed by atoms with E-state index in [1.54, 1.807) is 0 Å². The first-order valence-corrected chi connectivity index (χ1v) is 4.77. The molecule has 2 rings (SSSR count). The van der Waals surface area contributed by atoms with E-state index in [9.17, 15) is 9.90 Å². The summed E-state index contributed by atoms with van der Waals surface area (Å²) in [5.41, 5.74) is -0.745. The first-order valence-electron chi connectivity index (χ1n) is 4.77. The van der Waals surface area contributed by atoms with E-state index in [2.05, 4.69) is 6.07 Å². The smallest absolute Gasteiger partial charge is 0.150 e. The molecule has 0 spiro atoms. The van der Waals surface area contributed by atoms with Crippen LogP contribution in [0.5, 0.6) is 0 Å². The third kappa shape index (κ3) is 1.02. The Morgan fingerprint density at radius 2 is 2.38 bits per heavy atom. The van der Waals surface area contributed by atoms with E-state index in [-0.39, 0.29) is 5.92 Å². The van der Waals surface area contributed by atoms with Crippen LogP contribution in [0.25, 0.3) is 0 Å². The lowest BCUT2D eigenvalue weighted by atomic mass is 9.70. The van der Waals surface area contributed by atoms with Crippen molar-refractivity contribution in [2.24, 2.45) is 17.3 Å². The highest BCUT2D eigenvalue weighted by molar-refractivity contribution is 5.59. The first-order chi connectivity index (χ1) is 6.23. The molecule has 0 heterocycles.